The summed E-state index contributed by atoms with van der Waals surface area (Å²) < 4.78 is 0. The standard InChI is InChI=1S/C11H7Cl2N3O/c1-6-10(5-14)15-16(11(6)17)7-2-3-8(12)9(13)4-7/h2-4,6H,1H3. The Morgan fingerprint density at radius 3 is 2.65 bits per heavy atom. The van der Waals surface area contributed by atoms with Crippen LogP contribution in [-0.4, -0.2) is 11.6 Å². The highest BCUT2D eigenvalue weighted by Gasteiger charge is 2.33. The average Bonchev–Trinajstić information content (AvgIpc) is 2.60. The lowest BCUT2D eigenvalue weighted by Crippen LogP contribution is -2.25. The highest BCUT2D eigenvalue weighted by atomic mass is 35.5. The Morgan fingerprint density at radius 1 is 1.41 bits per heavy atom. The molecule has 0 spiro atoms. The van der Waals surface area contributed by atoms with Crippen LogP contribution in [0.5, 0.6) is 0 Å². The number of carbonyl (C=O) groups excluding carboxylic acids is 1. The van der Waals surface area contributed by atoms with Crippen LogP contribution in [0.25, 0.3) is 0 Å². The van der Waals surface area contributed by atoms with Gasteiger partial charge in [-0.2, -0.15) is 15.4 Å². The zero-order chi connectivity index (χ0) is 12.6. The van der Waals surface area contributed by atoms with E-state index in [-0.39, 0.29) is 11.6 Å². The second kappa shape index (κ2) is 4.36. The van der Waals surface area contributed by atoms with Gasteiger partial charge < -0.3 is 0 Å². The van der Waals surface area contributed by atoms with Crippen LogP contribution in [0.4, 0.5) is 5.69 Å². The molecular weight excluding hydrogens is 261 g/mol. The molecule has 1 atom stereocenters. The van der Waals surface area contributed by atoms with Gasteiger partial charge in [-0.15, -0.1) is 0 Å². The van der Waals surface area contributed by atoms with Gasteiger partial charge in [-0.1, -0.05) is 23.2 Å². The van der Waals surface area contributed by atoms with E-state index >= 15 is 0 Å². The molecule has 4 nitrogen and oxygen atoms in total. The molecule has 2 rings (SSSR count). The summed E-state index contributed by atoms with van der Waals surface area (Å²) in [6.07, 6.45) is 0. The number of hydrazone groups is 1. The third kappa shape index (κ3) is 1.99. The maximum atomic E-state index is 11.9. The van der Waals surface area contributed by atoms with E-state index in [2.05, 4.69) is 5.10 Å². The van der Waals surface area contributed by atoms with E-state index in [9.17, 15) is 4.79 Å². The highest BCUT2D eigenvalue weighted by Crippen LogP contribution is 2.30. The lowest BCUT2D eigenvalue weighted by molar-refractivity contribution is -0.119. The molecule has 0 aliphatic carbocycles. The van der Waals surface area contributed by atoms with Gasteiger partial charge in [0, 0.05) is 0 Å². The first-order valence-corrected chi connectivity index (χ1v) is 5.58. The van der Waals surface area contributed by atoms with Gasteiger partial charge in [0.15, 0.2) is 5.71 Å². The SMILES string of the molecule is CC1C(=O)N(c2ccc(Cl)c(Cl)c2)N=C1C#N. The molecule has 0 N–H and O–H groups in total. The van der Waals surface area contributed by atoms with Gasteiger partial charge in [-0.25, -0.2) is 0 Å². The molecule has 0 bridgehead atoms. The Labute approximate surface area is 108 Å². The molecule has 86 valence electrons. The quantitative estimate of drug-likeness (QED) is 0.786. The van der Waals surface area contributed by atoms with Gasteiger partial charge >= 0.3 is 0 Å². The van der Waals surface area contributed by atoms with Crippen LogP contribution in [0, 0.1) is 17.2 Å². The number of hydrogen-bond donors (Lipinski definition) is 0. The number of nitriles is 1. The molecular formula is C11H7Cl2N3O. The number of hydrogen-bond acceptors (Lipinski definition) is 3. The Morgan fingerprint density at radius 2 is 2.12 bits per heavy atom. The van der Waals surface area contributed by atoms with Crippen LogP contribution in [0.2, 0.25) is 10.0 Å². The van der Waals surface area contributed by atoms with Crippen LogP contribution in [0.15, 0.2) is 23.3 Å². The summed E-state index contributed by atoms with van der Waals surface area (Å²) in [4.78, 5) is 11.9. The minimum absolute atomic E-state index is 0.195. The van der Waals surface area contributed by atoms with E-state index < -0.39 is 5.92 Å². The lowest BCUT2D eigenvalue weighted by Gasteiger charge is -2.13. The van der Waals surface area contributed by atoms with Crippen molar-refractivity contribution in [2.75, 3.05) is 5.01 Å². The number of halogens is 2. The largest absolute Gasteiger partial charge is 0.272 e. The van der Waals surface area contributed by atoms with E-state index in [1.807, 2.05) is 6.07 Å². The van der Waals surface area contributed by atoms with Gasteiger partial charge in [0.05, 0.1) is 21.7 Å². The maximum Gasteiger partial charge on any atom is 0.257 e. The van der Waals surface area contributed by atoms with Crippen LogP contribution in [0.1, 0.15) is 6.92 Å². The minimum atomic E-state index is -0.519. The molecule has 1 amide bonds. The van der Waals surface area contributed by atoms with Crippen LogP contribution in [-0.2, 0) is 4.79 Å². The molecule has 1 unspecified atom stereocenters. The van der Waals surface area contributed by atoms with Crippen molar-refractivity contribution in [1.29, 1.82) is 5.26 Å². The lowest BCUT2D eigenvalue weighted by atomic mass is 10.1. The number of nitrogens with zero attached hydrogens (tertiary/aromatic N) is 3. The fourth-order valence-electron chi connectivity index (χ4n) is 1.46. The second-order valence-corrected chi connectivity index (χ2v) is 4.38. The van der Waals surface area contributed by atoms with E-state index in [4.69, 9.17) is 28.5 Å². The van der Waals surface area contributed by atoms with E-state index in [0.717, 1.165) is 0 Å². The number of carbonyl (C=O) groups is 1. The van der Waals surface area contributed by atoms with Crippen LogP contribution in [0.3, 0.4) is 0 Å². The Hall–Kier alpha value is -1.57. The third-order valence-electron chi connectivity index (χ3n) is 2.46. The topological polar surface area (TPSA) is 56.5 Å². The van der Waals surface area contributed by atoms with Crippen molar-refractivity contribution < 1.29 is 4.79 Å². The van der Waals surface area contributed by atoms with Gasteiger partial charge in [0.2, 0.25) is 0 Å². The number of anilines is 1. The van der Waals surface area contributed by atoms with E-state index in [1.54, 1.807) is 25.1 Å². The summed E-state index contributed by atoms with van der Waals surface area (Å²) in [6, 6.07) is 6.65. The number of benzene rings is 1. The van der Waals surface area contributed by atoms with Crippen molar-refractivity contribution in [3.8, 4) is 6.07 Å². The van der Waals surface area contributed by atoms with Crippen molar-refractivity contribution in [2.24, 2.45) is 11.0 Å². The average molecular weight is 268 g/mol. The smallest absolute Gasteiger partial charge is 0.257 e. The molecule has 1 aliphatic rings. The molecule has 17 heavy (non-hydrogen) atoms. The fourth-order valence-corrected chi connectivity index (χ4v) is 1.76. The first kappa shape index (κ1) is 11.9. The molecule has 1 heterocycles. The summed E-state index contributed by atoms with van der Waals surface area (Å²) >= 11 is 11.6. The van der Waals surface area contributed by atoms with Crippen LogP contribution >= 0.6 is 23.2 Å². The molecule has 0 fully saturated rings. The van der Waals surface area contributed by atoms with E-state index in [0.29, 0.717) is 15.7 Å². The number of amides is 1. The third-order valence-corrected chi connectivity index (χ3v) is 3.20. The number of rotatable bonds is 1. The first-order valence-electron chi connectivity index (χ1n) is 4.82. The van der Waals surface area contributed by atoms with E-state index in [1.165, 1.54) is 5.01 Å². The molecule has 1 aliphatic heterocycles. The minimum Gasteiger partial charge on any atom is -0.272 e. The molecule has 1 aromatic carbocycles. The predicted molar refractivity (Wildman–Crippen MR) is 66.2 cm³/mol. The first-order chi connectivity index (χ1) is 8.04. The summed E-state index contributed by atoms with van der Waals surface area (Å²) in [5.74, 6) is -0.769. The van der Waals surface area contributed by atoms with Crippen molar-refractivity contribution in [3.05, 3.63) is 28.2 Å². The van der Waals surface area contributed by atoms with Gasteiger partial charge in [-0.3, -0.25) is 4.79 Å². The Bertz CT molecular complexity index is 562. The normalized spacial score (nSPS) is 19.2. The van der Waals surface area contributed by atoms with Gasteiger partial charge in [0.25, 0.3) is 5.91 Å². The highest BCUT2D eigenvalue weighted by molar-refractivity contribution is 6.42. The summed E-state index contributed by atoms with van der Waals surface area (Å²) in [7, 11) is 0. The Balaban J connectivity index is 2.42. The molecule has 0 saturated heterocycles. The zero-order valence-corrected chi connectivity index (χ0v) is 10.3. The van der Waals surface area contributed by atoms with Gasteiger partial charge in [-0.05, 0) is 25.1 Å². The molecule has 0 radical (unpaired) electrons. The van der Waals surface area contributed by atoms with Crippen molar-refractivity contribution >= 4 is 40.5 Å². The van der Waals surface area contributed by atoms with Crippen molar-refractivity contribution in [3.63, 3.8) is 0 Å². The molecule has 1 aromatic rings. The molecule has 6 heteroatoms. The monoisotopic (exact) mass is 267 g/mol. The zero-order valence-electron chi connectivity index (χ0n) is 8.82. The second-order valence-electron chi connectivity index (χ2n) is 3.57. The predicted octanol–water partition coefficient (Wildman–Crippen LogP) is 2.86. The maximum absolute atomic E-state index is 11.9. The fraction of sp³-hybridized carbons (Fsp3) is 0.182. The van der Waals surface area contributed by atoms with Crippen LogP contribution < -0.4 is 5.01 Å². The molecule has 0 saturated carbocycles. The summed E-state index contributed by atoms with van der Waals surface area (Å²) in [5.41, 5.74) is 0.697. The molecule has 0 aromatic heterocycles. The van der Waals surface area contributed by atoms with Gasteiger partial charge in [0.1, 0.15) is 6.07 Å². The summed E-state index contributed by atoms with van der Waals surface area (Å²) in [5, 5.41) is 14.7. The van der Waals surface area contributed by atoms with Crippen molar-refractivity contribution in [2.45, 2.75) is 6.92 Å². The Kier molecular flexibility index (Phi) is 3.05. The van der Waals surface area contributed by atoms with Crippen molar-refractivity contribution in [1.82, 2.24) is 0 Å². The summed E-state index contributed by atoms with van der Waals surface area (Å²) in [6.45, 7) is 1.64.